The summed E-state index contributed by atoms with van der Waals surface area (Å²) in [5, 5.41) is 9.15. The maximum Gasteiger partial charge on any atom is 0.146 e. The molecule has 0 bridgehead atoms. The molecule has 0 saturated carbocycles. The Labute approximate surface area is 96.0 Å². The fourth-order valence-corrected chi connectivity index (χ4v) is 1.70. The van der Waals surface area contributed by atoms with Crippen LogP contribution >= 0.6 is 0 Å². The quantitative estimate of drug-likeness (QED) is 0.592. The van der Waals surface area contributed by atoms with Crippen molar-refractivity contribution >= 4 is 5.69 Å². The van der Waals surface area contributed by atoms with Gasteiger partial charge in [0.15, 0.2) is 0 Å². The fraction of sp³-hybridized carbons (Fsp3) is 0.385. The zero-order valence-electron chi connectivity index (χ0n) is 9.62. The van der Waals surface area contributed by atoms with E-state index in [0.717, 1.165) is 19.4 Å². The number of aliphatic hydroxyl groups excluding tert-OH is 1. The molecule has 1 aromatic carbocycles. The summed E-state index contributed by atoms with van der Waals surface area (Å²) in [5.74, 6) is -0.285. The van der Waals surface area contributed by atoms with Crippen LogP contribution in [0.5, 0.6) is 0 Å². The highest BCUT2D eigenvalue weighted by Gasteiger charge is 2.11. The minimum atomic E-state index is -0.285. The van der Waals surface area contributed by atoms with Gasteiger partial charge < -0.3 is 10.0 Å². The van der Waals surface area contributed by atoms with Gasteiger partial charge in [0.05, 0.1) is 12.3 Å². The maximum atomic E-state index is 13.6. The third kappa shape index (κ3) is 3.07. The van der Waals surface area contributed by atoms with Gasteiger partial charge in [-0.05, 0) is 18.9 Å². The van der Waals surface area contributed by atoms with Crippen LogP contribution in [0.4, 0.5) is 10.1 Å². The molecular formula is C13H18FNO. The van der Waals surface area contributed by atoms with Crippen molar-refractivity contribution in [1.82, 2.24) is 0 Å². The van der Waals surface area contributed by atoms with Gasteiger partial charge in [0.25, 0.3) is 0 Å². The molecule has 0 unspecified atom stereocenters. The summed E-state index contributed by atoms with van der Waals surface area (Å²) in [6.07, 6.45) is 3.69. The van der Waals surface area contributed by atoms with Gasteiger partial charge in [-0.3, -0.25) is 0 Å². The lowest BCUT2D eigenvalue weighted by Gasteiger charge is -2.22. The van der Waals surface area contributed by atoms with Crippen molar-refractivity contribution < 1.29 is 9.50 Å². The molecule has 0 heterocycles. The molecule has 0 atom stereocenters. The number of hydrogen-bond acceptors (Lipinski definition) is 2. The number of rotatable bonds is 6. The van der Waals surface area contributed by atoms with Crippen LogP contribution in [0.2, 0.25) is 0 Å². The van der Waals surface area contributed by atoms with Crippen LogP contribution in [-0.4, -0.2) is 18.7 Å². The van der Waals surface area contributed by atoms with Crippen LogP contribution in [0.1, 0.15) is 18.4 Å². The van der Waals surface area contributed by atoms with Gasteiger partial charge >= 0.3 is 0 Å². The molecule has 0 aromatic heterocycles. The van der Waals surface area contributed by atoms with Crippen molar-refractivity contribution in [3.8, 4) is 0 Å². The first-order chi connectivity index (χ1) is 7.70. The number of allylic oxidation sites excluding steroid dienone is 1. The average molecular weight is 223 g/mol. The summed E-state index contributed by atoms with van der Waals surface area (Å²) in [7, 11) is 1.83. The molecule has 0 fully saturated rings. The first kappa shape index (κ1) is 12.7. The second-order valence-electron chi connectivity index (χ2n) is 3.76. The number of benzene rings is 1. The lowest BCUT2D eigenvalue weighted by molar-refractivity contribution is 0.281. The molecule has 3 heteroatoms. The second-order valence-corrected chi connectivity index (χ2v) is 3.76. The van der Waals surface area contributed by atoms with Crippen molar-refractivity contribution in [2.75, 3.05) is 18.5 Å². The number of nitrogens with zero attached hydrogens (tertiary/aromatic N) is 1. The zero-order chi connectivity index (χ0) is 12.0. The first-order valence-electron chi connectivity index (χ1n) is 5.41. The molecule has 1 aromatic rings. The number of anilines is 1. The highest BCUT2D eigenvalue weighted by molar-refractivity contribution is 5.54. The lowest BCUT2D eigenvalue weighted by atomic mass is 10.1. The average Bonchev–Trinajstić information content (AvgIpc) is 2.28. The summed E-state index contributed by atoms with van der Waals surface area (Å²) in [5.41, 5.74) is 1.12. The van der Waals surface area contributed by atoms with E-state index < -0.39 is 0 Å². The van der Waals surface area contributed by atoms with E-state index >= 15 is 0 Å². The highest BCUT2D eigenvalue weighted by atomic mass is 19.1. The van der Waals surface area contributed by atoms with Gasteiger partial charge in [0, 0.05) is 19.2 Å². The van der Waals surface area contributed by atoms with E-state index in [0.29, 0.717) is 11.3 Å². The Hall–Kier alpha value is -1.35. The van der Waals surface area contributed by atoms with E-state index in [1.54, 1.807) is 12.1 Å². The molecule has 0 radical (unpaired) electrons. The highest BCUT2D eigenvalue weighted by Crippen LogP contribution is 2.23. The van der Waals surface area contributed by atoms with Crippen molar-refractivity contribution in [2.45, 2.75) is 19.4 Å². The number of halogens is 1. The molecule has 0 aliphatic rings. The van der Waals surface area contributed by atoms with Crippen LogP contribution in [0.25, 0.3) is 0 Å². The monoisotopic (exact) mass is 223 g/mol. The molecule has 0 aliphatic carbocycles. The third-order valence-corrected chi connectivity index (χ3v) is 2.52. The molecule has 88 valence electrons. The normalized spacial score (nSPS) is 10.2. The summed E-state index contributed by atoms with van der Waals surface area (Å²) in [6, 6.07) is 4.77. The van der Waals surface area contributed by atoms with Crippen LogP contribution in [0.3, 0.4) is 0 Å². The predicted octanol–water partition coefficient (Wildman–Crippen LogP) is 2.72. The van der Waals surface area contributed by atoms with Crippen LogP contribution < -0.4 is 4.90 Å². The molecular weight excluding hydrogens is 205 g/mol. The summed E-state index contributed by atoms with van der Waals surface area (Å²) in [4.78, 5) is 1.84. The van der Waals surface area contributed by atoms with E-state index in [1.807, 2.05) is 18.0 Å². The molecule has 1 rings (SSSR count). The maximum absolute atomic E-state index is 13.6. The third-order valence-electron chi connectivity index (χ3n) is 2.52. The molecule has 16 heavy (non-hydrogen) atoms. The van der Waals surface area contributed by atoms with Crippen LogP contribution in [0.15, 0.2) is 30.9 Å². The number of aliphatic hydroxyl groups is 1. The Morgan fingerprint density at radius 2 is 2.25 bits per heavy atom. The van der Waals surface area contributed by atoms with Gasteiger partial charge in [-0.1, -0.05) is 18.2 Å². The molecule has 0 amide bonds. The van der Waals surface area contributed by atoms with Gasteiger partial charge in [-0.15, -0.1) is 6.58 Å². The molecule has 0 spiro atoms. The fourth-order valence-electron chi connectivity index (χ4n) is 1.70. The molecule has 0 aliphatic heterocycles. The van der Waals surface area contributed by atoms with Gasteiger partial charge in [0.2, 0.25) is 0 Å². The largest absolute Gasteiger partial charge is 0.392 e. The van der Waals surface area contributed by atoms with Crippen molar-refractivity contribution in [1.29, 1.82) is 0 Å². The van der Waals surface area contributed by atoms with E-state index in [-0.39, 0.29) is 12.4 Å². The number of hydrogen-bond donors (Lipinski definition) is 1. The van der Waals surface area contributed by atoms with Gasteiger partial charge in [0.1, 0.15) is 5.82 Å². The topological polar surface area (TPSA) is 23.5 Å². The van der Waals surface area contributed by atoms with Crippen molar-refractivity contribution in [3.63, 3.8) is 0 Å². The zero-order valence-corrected chi connectivity index (χ0v) is 9.62. The Morgan fingerprint density at radius 1 is 1.50 bits per heavy atom. The Morgan fingerprint density at radius 3 is 2.88 bits per heavy atom. The minimum absolute atomic E-state index is 0.140. The van der Waals surface area contributed by atoms with E-state index in [9.17, 15) is 4.39 Å². The SMILES string of the molecule is C=CCCCN(C)c1c(F)cccc1CO. The summed E-state index contributed by atoms with van der Waals surface area (Å²) >= 11 is 0. The smallest absolute Gasteiger partial charge is 0.146 e. The van der Waals surface area contributed by atoms with E-state index in [4.69, 9.17) is 5.11 Å². The van der Waals surface area contributed by atoms with Gasteiger partial charge in [-0.25, -0.2) is 4.39 Å². The first-order valence-corrected chi connectivity index (χ1v) is 5.41. The van der Waals surface area contributed by atoms with E-state index in [1.165, 1.54) is 6.07 Å². The van der Waals surface area contributed by atoms with Crippen LogP contribution in [-0.2, 0) is 6.61 Å². The standard InChI is InChI=1S/C13H18FNO/c1-3-4-5-9-15(2)13-11(10-16)7-6-8-12(13)14/h3,6-8,16H,1,4-5,9-10H2,2H3. The minimum Gasteiger partial charge on any atom is -0.392 e. The Bertz CT molecular complexity index is 352. The Kier molecular flexibility index (Phi) is 4.99. The van der Waals surface area contributed by atoms with Crippen molar-refractivity contribution in [2.24, 2.45) is 0 Å². The van der Waals surface area contributed by atoms with Crippen molar-refractivity contribution in [3.05, 3.63) is 42.2 Å². The Balaban J connectivity index is 2.80. The number of para-hydroxylation sites is 1. The lowest BCUT2D eigenvalue weighted by Crippen LogP contribution is -2.21. The predicted molar refractivity (Wildman–Crippen MR) is 65.0 cm³/mol. The molecule has 2 nitrogen and oxygen atoms in total. The summed E-state index contributed by atoms with van der Waals surface area (Å²) in [6.45, 7) is 4.26. The number of unbranched alkanes of at least 4 members (excludes halogenated alkanes) is 1. The van der Waals surface area contributed by atoms with Gasteiger partial charge in [-0.2, -0.15) is 0 Å². The molecule has 1 N–H and O–H groups in total. The summed E-state index contributed by atoms with van der Waals surface area (Å²) < 4.78 is 13.6. The molecule has 0 saturated heterocycles. The van der Waals surface area contributed by atoms with E-state index in [2.05, 4.69) is 6.58 Å². The second kappa shape index (κ2) is 6.28. The van der Waals surface area contributed by atoms with Crippen LogP contribution in [0, 0.1) is 5.82 Å².